The Morgan fingerprint density at radius 2 is 1.97 bits per heavy atom. The van der Waals surface area contributed by atoms with E-state index >= 15 is 0 Å². The van der Waals surface area contributed by atoms with Gasteiger partial charge in [0.05, 0.1) is 5.75 Å². The highest BCUT2D eigenvalue weighted by Gasteiger charge is 2.27. The van der Waals surface area contributed by atoms with Gasteiger partial charge in [0.15, 0.2) is 5.96 Å². The van der Waals surface area contributed by atoms with Gasteiger partial charge in [0.1, 0.15) is 5.82 Å². The number of halogens is 2. The summed E-state index contributed by atoms with van der Waals surface area (Å²) in [5, 5.41) is 6.64. The highest BCUT2D eigenvalue weighted by atomic mass is 127. The quantitative estimate of drug-likeness (QED) is 0.293. The molecule has 1 fully saturated rings. The third kappa shape index (κ3) is 8.27. The van der Waals surface area contributed by atoms with Crippen molar-refractivity contribution in [2.24, 2.45) is 4.99 Å². The highest BCUT2D eigenvalue weighted by molar-refractivity contribution is 14.0. The molecule has 0 saturated carbocycles. The largest absolute Gasteiger partial charge is 0.354 e. The van der Waals surface area contributed by atoms with Crippen molar-refractivity contribution in [3.05, 3.63) is 35.1 Å². The van der Waals surface area contributed by atoms with Gasteiger partial charge < -0.3 is 15.5 Å². The van der Waals surface area contributed by atoms with Crippen molar-refractivity contribution in [1.29, 1.82) is 0 Å². The van der Waals surface area contributed by atoms with E-state index in [0.717, 1.165) is 18.4 Å². The van der Waals surface area contributed by atoms with Crippen molar-refractivity contribution in [3.8, 4) is 0 Å². The molecule has 2 rings (SSSR count). The number of nitrogens with zero attached hydrogens (tertiary/aromatic N) is 3. The van der Waals surface area contributed by atoms with E-state index in [1.54, 1.807) is 17.4 Å². The monoisotopic (exact) mass is 555 g/mol. The molecule has 7 nitrogen and oxygen atoms in total. The number of hydrogen-bond acceptors (Lipinski definition) is 4. The lowest BCUT2D eigenvalue weighted by Gasteiger charge is -2.32. The molecule has 0 atom stereocenters. The second-order valence-corrected chi connectivity index (χ2v) is 9.81. The van der Waals surface area contributed by atoms with Gasteiger partial charge in [-0.15, -0.1) is 24.0 Å². The number of piperidine rings is 1. The van der Waals surface area contributed by atoms with Crippen LogP contribution in [-0.4, -0.2) is 69.6 Å². The van der Waals surface area contributed by atoms with Gasteiger partial charge in [0.2, 0.25) is 10.0 Å². The molecule has 0 radical (unpaired) electrons. The van der Waals surface area contributed by atoms with Crippen LogP contribution in [0.2, 0.25) is 0 Å². The van der Waals surface area contributed by atoms with Gasteiger partial charge in [0, 0.05) is 44.8 Å². The molecule has 30 heavy (non-hydrogen) atoms. The fourth-order valence-corrected chi connectivity index (χ4v) is 4.98. The molecule has 10 heteroatoms. The van der Waals surface area contributed by atoms with Crippen molar-refractivity contribution in [1.82, 2.24) is 19.8 Å². The SMILES string of the molecule is CCCS(=O)(=O)N1CCC(NC(=NC)NCc2ccc(F)c(CN(C)C)c2)CC1.I. The minimum atomic E-state index is -3.13. The average Bonchev–Trinajstić information content (AvgIpc) is 2.67. The van der Waals surface area contributed by atoms with Crippen LogP contribution in [0, 0.1) is 5.82 Å². The van der Waals surface area contributed by atoms with Crippen molar-refractivity contribution in [2.45, 2.75) is 45.3 Å². The second-order valence-electron chi connectivity index (χ2n) is 7.72. The molecule has 0 amide bonds. The molecule has 1 aromatic rings. The summed E-state index contributed by atoms with van der Waals surface area (Å²) in [5.41, 5.74) is 1.64. The third-order valence-corrected chi connectivity index (χ3v) is 7.01. The molecule has 0 bridgehead atoms. The maximum Gasteiger partial charge on any atom is 0.214 e. The Balaban J connectivity index is 0.00000450. The van der Waals surface area contributed by atoms with Crippen LogP contribution in [-0.2, 0) is 23.1 Å². The van der Waals surface area contributed by atoms with E-state index in [2.05, 4.69) is 15.6 Å². The normalized spacial score (nSPS) is 16.4. The molecule has 1 aromatic carbocycles. The number of nitrogens with one attached hydrogen (secondary N) is 2. The summed E-state index contributed by atoms with van der Waals surface area (Å²) in [6.07, 6.45) is 2.12. The van der Waals surface area contributed by atoms with Gasteiger partial charge in [-0.05, 0) is 51.1 Å². The fraction of sp³-hybridized carbons (Fsp3) is 0.650. The molecule has 0 aliphatic carbocycles. The van der Waals surface area contributed by atoms with Gasteiger partial charge in [-0.25, -0.2) is 17.1 Å². The molecule has 0 spiro atoms. The Hall–Kier alpha value is -0.980. The smallest absolute Gasteiger partial charge is 0.214 e. The van der Waals surface area contributed by atoms with E-state index in [4.69, 9.17) is 0 Å². The predicted molar refractivity (Wildman–Crippen MR) is 131 cm³/mol. The first kappa shape index (κ1) is 27.1. The van der Waals surface area contributed by atoms with Crippen molar-refractivity contribution in [3.63, 3.8) is 0 Å². The van der Waals surface area contributed by atoms with Gasteiger partial charge in [-0.3, -0.25) is 4.99 Å². The average molecular weight is 556 g/mol. The van der Waals surface area contributed by atoms with Crippen molar-refractivity contribution < 1.29 is 12.8 Å². The predicted octanol–water partition coefficient (Wildman–Crippen LogP) is 2.37. The lowest BCUT2D eigenvalue weighted by molar-refractivity contribution is 0.306. The molecule has 172 valence electrons. The second kappa shape index (κ2) is 12.8. The maximum atomic E-state index is 13.9. The minimum Gasteiger partial charge on any atom is -0.354 e. The lowest BCUT2D eigenvalue weighted by atomic mass is 10.1. The molecule has 1 saturated heterocycles. The third-order valence-electron chi connectivity index (χ3n) is 4.93. The van der Waals surface area contributed by atoms with Gasteiger partial charge in [0.25, 0.3) is 0 Å². The summed E-state index contributed by atoms with van der Waals surface area (Å²) in [7, 11) is 2.40. The fourth-order valence-electron chi connectivity index (χ4n) is 3.44. The zero-order valence-electron chi connectivity index (χ0n) is 18.3. The summed E-state index contributed by atoms with van der Waals surface area (Å²) < 4.78 is 39.9. The minimum absolute atomic E-state index is 0. The van der Waals surface area contributed by atoms with Crippen molar-refractivity contribution in [2.75, 3.05) is 40.0 Å². The number of sulfonamides is 1. The summed E-state index contributed by atoms with van der Waals surface area (Å²) in [6.45, 7) is 4.02. The van der Waals surface area contributed by atoms with Crippen LogP contribution in [0.4, 0.5) is 4.39 Å². The number of aliphatic imine (C=N–C) groups is 1. The summed E-state index contributed by atoms with van der Waals surface area (Å²) >= 11 is 0. The zero-order chi connectivity index (χ0) is 21.4. The lowest BCUT2D eigenvalue weighted by Crippen LogP contribution is -2.49. The Morgan fingerprint density at radius 3 is 2.53 bits per heavy atom. The van der Waals surface area contributed by atoms with E-state index in [0.29, 0.717) is 44.1 Å². The maximum absolute atomic E-state index is 13.9. The van der Waals surface area contributed by atoms with Crippen LogP contribution in [0.15, 0.2) is 23.2 Å². The van der Waals surface area contributed by atoms with Crippen LogP contribution in [0.5, 0.6) is 0 Å². The molecule has 1 aliphatic rings. The first-order chi connectivity index (χ1) is 13.7. The number of guanidine groups is 1. The van der Waals surface area contributed by atoms with E-state index in [1.807, 2.05) is 32.0 Å². The Morgan fingerprint density at radius 1 is 1.30 bits per heavy atom. The summed E-state index contributed by atoms with van der Waals surface area (Å²) in [5.74, 6) is 0.676. The first-order valence-corrected chi connectivity index (χ1v) is 11.7. The van der Waals surface area contributed by atoms with Gasteiger partial charge >= 0.3 is 0 Å². The molecule has 1 heterocycles. The standard InChI is InChI=1S/C20H34FN5O2S.HI/c1-5-12-29(27,28)26-10-8-18(9-11-26)24-20(22-2)23-14-16-6-7-19(21)17(13-16)15-25(3)4;/h6-7,13,18H,5,8-12,14-15H2,1-4H3,(H2,22,23,24);1H. The summed E-state index contributed by atoms with van der Waals surface area (Å²) in [6, 6.07) is 5.31. The molecular formula is C20H35FIN5O2S. The van der Waals surface area contributed by atoms with E-state index in [-0.39, 0.29) is 41.6 Å². The Labute approximate surface area is 197 Å². The van der Waals surface area contributed by atoms with Crippen LogP contribution < -0.4 is 10.6 Å². The van der Waals surface area contributed by atoms with Crippen LogP contribution in [0.1, 0.15) is 37.3 Å². The molecule has 1 aliphatic heterocycles. The first-order valence-electron chi connectivity index (χ1n) is 10.1. The van der Waals surface area contributed by atoms with E-state index in [9.17, 15) is 12.8 Å². The zero-order valence-corrected chi connectivity index (χ0v) is 21.5. The molecule has 0 aromatic heterocycles. The highest BCUT2D eigenvalue weighted by Crippen LogP contribution is 2.15. The molecule has 2 N–H and O–H groups in total. The molecular weight excluding hydrogens is 520 g/mol. The number of rotatable bonds is 8. The van der Waals surface area contributed by atoms with Crippen LogP contribution in [0.25, 0.3) is 0 Å². The Bertz CT molecular complexity index is 796. The van der Waals surface area contributed by atoms with Crippen LogP contribution >= 0.6 is 24.0 Å². The molecule has 0 unspecified atom stereocenters. The van der Waals surface area contributed by atoms with Gasteiger partial charge in [-0.1, -0.05) is 13.0 Å². The van der Waals surface area contributed by atoms with E-state index in [1.165, 1.54) is 6.07 Å². The number of benzene rings is 1. The number of hydrogen-bond donors (Lipinski definition) is 2. The van der Waals surface area contributed by atoms with E-state index < -0.39 is 10.0 Å². The van der Waals surface area contributed by atoms with Gasteiger partial charge in [-0.2, -0.15) is 0 Å². The van der Waals surface area contributed by atoms with Crippen LogP contribution in [0.3, 0.4) is 0 Å². The topological polar surface area (TPSA) is 77.0 Å². The summed E-state index contributed by atoms with van der Waals surface area (Å²) in [4.78, 5) is 6.20. The van der Waals surface area contributed by atoms with Crippen molar-refractivity contribution >= 4 is 40.0 Å². The Kier molecular flexibility index (Phi) is 11.5.